The third-order valence-electron chi connectivity index (χ3n) is 3.78. The molecule has 0 aromatic heterocycles. The van der Waals surface area contributed by atoms with Gasteiger partial charge in [0.1, 0.15) is 0 Å². The van der Waals surface area contributed by atoms with Gasteiger partial charge in [0.15, 0.2) is 5.78 Å². The lowest BCUT2D eigenvalue weighted by atomic mass is 9.94. The summed E-state index contributed by atoms with van der Waals surface area (Å²) in [6.45, 7) is 0. The van der Waals surface area contributed by atoms with E-state index < -0.39 is 0 Å². The van der Waals surface area contributed by atoms with Gasteiger partial charge in [-0.25, -0.2) is 0 Å². The zero-order chi connectivity index (χ0) is 15.9. The van der Waals surface area contributed by atoms with Crippen LogP contribution in [0.3, 0.4) is 0 Å². The summed E-state index contributed by atoms with van der Waals surface area (Å²) in [5.74, 6) is 0.261. The minimum absolute atomic E-state index is 0.261. The third kappa shape index (κ3) is 4.36. The van der Waals surface area contributed by atoms with Crippen LogP contribution in [0, 0.1) is 0 Å². The number of nitrogens with one attached hydrogen (secondary N) is 1. The highest BCUT2D eigenvalue weighted by Gasteiger charge is 2.14. The van der Waals surface area contributed by atoms with E-state index in [0.717, 1.165) is 41.9 Å². The van der Waals surface area contributed by atoms with Crippen LogP contribution in [0.15, 0.2) is 76.6 Å². The molecular weight excluding hydrogens is 286 g/mol. The number of hydrogen-bond acceptors (Lipinski definition) is 4. The van der Waals surface area contributed by atoms with Gasteiger partial charge >= 0.3 is 0 Å². The quantitative estimate of drug-likeness (QED) is 0.595. The minimum Gasteiger partial charge on any atom is -0.361 e. The molecule has 1 aliphatic carbocycles. The van der Waals surface area contributed by atoms with Crippen molar-refractivity contribution in [1.29, 1.82) is 0 Å². The fourth-order valence-corrected chi connectivity index (χ4v) is 2.46. The van der Waals surface area contributed by atoms with Gasteiger partial charge in [0.05, 0.1) is 11.4 Å². The predicted octanol–water partition coefficient (Wildman–Crippen LogP) is 5.54. The average molecular weight is 305 g/mol. The highest BCUT2D eigenvalue weighted by Crippen LogP contribution is 2.22. The smallest absolute Gasteiger partial charge is 0.160 e. The molecule has 0 spiro atoms. The molecule has 0 bridgehead atoms. The van der Waals surface area contributed by atoms with Gasteiger partial charge in [0.25, 0.3) is 0 Å². The van der Waals surface area contributed by atoms with Crippen molar-refractivity contribution in [2.24, 2.45) is 10.2 Å². The largest absolute Gasteiger partial charge is 0.361 e. The number of nitrogens with zero attached hydrogens (tertiary/aromatic N) is 2. The number of rotatable bonds is 4. The summed E-state index contributed by atoms with van der Waals surface area (Å²) >= 11 is 0. The van der Waals surface area contributed by atoms with Crippen molar-refractivity contribution in [3.63, 3.8) is 0 Å². The summed E-state index contributed by atoms with van der Waals surface area (Å²) < 4.78 is 0. The number of anilines is 1. The molecule has 0 saturated heterocycles. The van der Waals surface area contributed by atoms with E-state index in [0.29, 0.717) is 6.42 Å². The molecule has 0 atom stereocenters. The molecule has 4 heteroatoms. The first-order valence-corrected chi connectivity index (χ1v) is 7.87. The third-order valence-corrected chi connectivity index (χ3v) is 3.78. The highest BCUT2D eigenvalue weighted by molar-refractivity contribution is 5.96. The van der Waals surface area contributed by atoms with Crippen LogP contribution in [0.4, 0.5) is 17.1 Å². The van der Waals surface area contributed by atoms with Crippen molar-refractivity contribution in [2.75, 3.05) is 5.32 Å². The Morgan fingerprint density at radius 3 is 2.17 bits per heavy atom. The molecule has 0 unspecified atom stereocenters. The predicted molar refractivity (Wildman–Crippen MR) is 92.2 cm³/mol. The first-order valence-electron chi connectivity index (χ1n) is 7.87. The highest BCUT2D eigenvalue weighted by atomic mass is 16.1. The molecule has 1 fully saturated rings. The summed E-state index contributed by atoms with van der Waals surface area (Å²) in [5.41, 5.74) is 3.45. The summed E-state index contributed by atoms with van der Waals surface area (Å²) in [5, 5.41) is 11.6. The first kappa shape index (κ1) is 15.2. The zero-order valence-electron chi connectivity index (χ0n) is 12.9. The lowest BCUT2D eigenvalue weighted by Gasteiger charge is -2.12. The van der Waals surface area contributed by atoms with E-state index in [-0.39, 0.29) is 5.78 Å². The van der Waals surface area contributed by atoms with Crippen LogP contribution < -0.4 is 5.32 Å². The van der Waals surface area contributed by atoms with Gasteiger partial charge in [-0.05, 0) is 55.7 Å². The average Bonchev–Trinajstić information content (AvgIpc) is 2.61. The Bertz CT molecular complexity index is 718. The van der Waals surface area contributed by atoms with Crippen molar-refractivity contribution in [3.05, 3.63) is 66.4 Å². The lowest BCUT2D eigenvalue weighted by Crippen LogP contribution is -2.09. The van der Waals surface area contributed by atoms with Crippen LogP contribution in [0.1, 0.15) is 25.7 Å². The van der Waals surface area contributed by atoms with Crippen molar-refractivity contribution in [1.82, 2.24) is 0 Å². The Kier molecular flexibility index (Phi) is 4.94. The Hall–Kier alpha value is -2.75. The van der Waals surface area contributed by atoms with Crippen LogP contribution in [-0.4, -0.2) is 5.78 Å². The van der Waals surface area contributed by atoms with Gasteiger partial charge in [0, 0.05) is 23.9 Å². The molecule has 1 saturated carbocycles. The first-order chi connectivity index (χ1) is 11.3. The van der Waals surface area contributed by atoms with Crippen LogP contribution >= 0.6 is 0 Å². The van der Waals surface area contributed by atoms with Crippen LogP contribution in [0.5, 0.6) is 0 Å². The number of ketones is 1. The van der Waals surface area contributed by atoms with Gasteiger partial charge in [-0.15, -0.1) is 0 Å². The molecule has 2 aromatic carbocycles. The monoisotopic (exact) mass is 305 g/mol. The molecule has 0 amide bonds. The maximum absolute atomic E-state index is 11.8. The molecule has 0 heterocycles. The number of azo groups is 1. The summed E-state index contributed by atoms with van der Waals surface area (Å²) in [4.78, 5) is 11.8. The van der Waals surface area contributed by atoms with E-state index in [9.17, 15) is 4.79 Å². The van der Waals surface area contributed by atoms with E-state index in [1.54, 1.807) is 0 Å². The normalized spacial score (nSPS) is 16.9. The van der Waals surface area contributed by atoms with Crippen molar-refractivity contribution >= 4 is 22.8 Å². The maximum atomic E-state index is 11.8. The summed E-state index contributed by atoms with van der Waals surface area (Å²) in [6.07, 6.45) is 5.48. The van der Waals surface area contributed by atoms with Crippen LogP contribution in [0.2, 0.25) is 0 Å². The number of carbonyl (C=O) groups is 1. The Labute approximate surface area is 136 Å². The van der Waals surface area contributed by atoms with E-state index in [1.165, 1.54) is 0 Å². The fraction of sp³-hybridized carbons (Fsp3) is 0.211. The molecule has 0 radical (unpaired) electrons. The number of hydrogen-bond donors (Lipinski definition) is 1. The van der Waals surface area contributed by atoms with E-state index in [1.807, 2.05) is 60.8 Å². The van der Waals surface area contributed by atoms with Gasteiger partial charge in [-0.2, -0.15) is 10.2 Å². The molecule has 4 nitrogen and oxygen atoms in total. The number of Topliss-reactive ketones (excluding diaryl/α,β-unsaturated/α-hetero) is 1. The standard InChI is InChI=1S/C19H19N3O/c23-19-9-5-4-6-15(19)14-20-16-10-12-18(13-11-16)22-21-17-7-2-1-3-8-17/h1-3,7-8,10-14,20H,4-6,9H2/b15-14-,22-21?. The maximum Gasteiger partial charge on any atom is 0.160 e. The summed E-state index contributed by atoms with van der Waals surface area (Å²) in [6, 6.07) is 17.3. The Morgan fingerprint density at radius 1 is 0.826 bits per heavy atom. The second-order valence-corrected chi connectivity index (χ2v) is 5.53. The van der Waals surface area contributed by atoms with Gasteiger partial charge in [-0.3, -0.25) is 4.79 Å². The number of carbonyl (C=O) groups excluding carboxylic acids is 1. The van der Waals surface area contributed by atoms with Gasteiger partial charge in [-0.1, -0.05) is 18.2 Å². The Balaban J connectivity index is 1.62. The molecule has 3 rings (SSSR count). The van der Waals surface area contributed by atoms with Gasteiger partial charge < -0.3 is 5.32 Å². The number of allylic oxidation sites excluding steroid dienone is 1. The molecule has 23 heavy (non-hydrogen) atoms. The summed E-state index contributed by atoms with van der Waals surface area (Å²) in [7, 11) is 0. The SMILES string of the molecule is O=C1CCCC/C1=C/Nc1ccc(N=Nc2ccccc2)cc1. The van der Waals surface area contributed by atoms with Gasteiger partial charge in [0.2, 0.25) is 0 Å². The molecule has 0 aliphatic heterocycles. The van der Waals surface area contributed by atoms with E-state index >= 15 is 0 Å². The molecule has 1 aliphatic rings. The second kappa shape index (κ2) is 7.49. The molecule has 2 aromatic rings. The zero-order valence-corrected chi connectivity index (χ0v) is 12.9. The second-order valence-electron chi connectivity index (χ2n) is 5.53. The minimum atomic E-state index is 0.261. The molecule has 116 valence electrons. The van der Waals surface area contributed by atoms with Crippen molar-refractivity contribution < 1.29 is 4.79 Å². The number of benzene rings is 2. The van der Waals surface area contributed by atoms with E-state index in [2.05, 4.69) is 15.5 Å². The van der Waals surface area contributed by atoms with Crippen molar-refractivity contribution in [3.8, 4) is 0 Å². The fourth-order valence-electron chi connectivity index (χ4n) is 2.46. The topological polar surface area (TPSA) is 53.8 Å². The van der Waals surface area contributed by atoms with Crippen molar-refractivity contribution in [2.45, 2.75) is 25.7 Å². The Morgan fingerprint density at radius 2 is 1.48 bits per heavy atom. The van der Waals surface area contributed by atoms with Crippen LogP contribution in [0.25, 0.3) is 0 Å². The lowest BCUT2D eigenvalue weighted by molar-refractivity contribution is -0.116. The van der Waals surface area contributed by atoms with Crippen LogP contribution in [-0.2, 0) is 4.79 Å². The molecule has 1 N–H and O–H groups in total. The van der Waals surface area contributed by atoms with E-state index in [4.69, 9.17) is 0 Å². The molecular formula is C19H19N3O.